The van der Waals surface area contributed by atoms with Crippen LogP contribution in [0.2, 0.25) is 0 Å². The summed E-state index contributed by atoms with van der Waals surface area (Å²) in [5.74, 6) is -2.80. The maximum Gasteiger partial charge on any atom is 0.313 e. The average molecular weight is 463 g/mol. The number of aliphatic hydroxyl groups is 1. The van der Waals surface area contributed by atoms with Gasteiger partial charge in [0, 0.05) is 12.2 Å². The minimum absolute atomic E-state index is 0.125. The number of aliphatic hydroxyl groups excluding tert-OH is 1. The van der Waals surface area contributed by atoms with Crippen molar-refractivity contribution in [3.05, 3.63) is 76.9 Å². The van der Waals surface area contributed by atoms with Crippen molar-refractivity contribution in [3.8, 4) is 0 Å². The van der Waals surface area contributed by atoms with Gasteiger partial charge in [0.1, 0.15) is 11.6 Å². The molecule has 180 valence electrons. The monoisotopic (exact) mass is 462 g/mol. The van der Waals surface area contributed by atoms with Crippen LogP contribution in [-0.4, -0.2) is 33.9 Å². The zero-order chi connectivity index (χ0) is 25.4. The van der Waals surface area contributed by atoms with Crippen LogP contribution in [0.15, 0.2) is 43.0 Å². The molecule has 0 aliphatic rings. The lowest BCUT2D eigenvalue weighted by Gasteiger charge is -2.24. The van der Waals surface area contributed by atoms with Crippen molar-refractivity contribution >= 4 is 18.0 Å². The van der Waals surface area contributed by atoms with Crippen LogP contribution in [0, 0.1) is 11.6 Å². The number of carboxylic acids is 2. The van der Waals surface area contributed by atoms with E-state index in [1.165, 1.54) is 24.3 Å². The SMILES string of the molecule is C=Cc1ccc(C(C)(CC)C(=O)O)cc1F.CCC(C)(C(=O)O)c1ccc(CCO)c(F)c1. The van der Waals surface area contributed by atoms with E-state index in [0.29, 0.717) is 35.1 Å². The minimum atomic E-state index is -1.07. The Balaban J connectivity index is 0.000000331. The standard InChI is InChI=1S/C13H17FO3.C13H15FO2/c1-3-13(2,12(16)17)10-5-4-9(6-7-15)11(14)8-10;1-4-9-6-7-10(8-11(9)14)13(3,5-2)12(15)16/h4-5,8,15H,3,6-7H2,1-2H3,(H,16,17);4,6-8H,1,5H2,2-3H3,(H,15,16). The molecule has 0 bridgehead atoms. The first-order valence-electron chi connectivity index (χ1n) is 10.7. The molecule has 0 heterocycles. The van der Waals surface area contributed by atoms with Crippen LogP contribution in [0.25, 0.3) is 6.08 Å². The van der Waals surface area contributed by atoms with Crippen LogP contribution >= 0.6 is 0 Å². The number of halogens is 2. The number of hydrogen-bond donors (Lipinski definition) is 3. The number of carbonyl (C=O) groups is 2. The number of rotatable bonds is 9. The maximum atomic E-state index is 13.7. The van der Waals surface area contributed by atoms with Crippen LogP contribution in [0.3, 0.4) is 0 Å². The first kappa shape index (κ1) is 28.0. The van der Waals surface area contributed by atoms with Gasteiger partial charge in [-0.25, -0.2) is 8.78 Å². The molecule has 0 aliphatic heterocycles. The summed E-state index contributed by atoms with van der Waals surface area (Å²) in [6.07, 6.45) is 2.45. The average Bonchev–Trinajstić information content (AvgIpc) is 2.79. The van der Waals surface area contributed by atoms with Crippen molar-refractivity contribution in [3.63, 3.8) is 0 Å². The lowest BCUT2D eigenvalue weighted by Crippen LogP contribution is -2.31. The molecule has 2 rings (SSSR count). The summed E-state index contributed by atoms with van der Waals surface area (Å²) in [4.78, 5) is 22.4. The molecule has 2 aromatic carbocycles. The van der Waals surface area contributed by atoms with E-state index < -0.39 is 34.4 Å². The lowest BCUT2D eigenvalue weighted by molar-refractivity contribution is -0.144. The summed E-state index contributed by atoms with van der Waals surface area (Å²) < 4.78 is 27.2. The Labute approximate surface area is 193 Å². The summed E-state index contributed by atoms with van der Waals surface area (Å²) in [5, 5.41) is 27.1. The van der Waals surface area contributed by atoms with E-state index in [1.54, 1.807) is 45.9 Å². The zero-order valence-electron chi connectivity index (χ0n) is 19.5. The number of hydrogen-bond acceptors (Lipinski definition) is 3. The molecule has 0 saturated carbocycles. The largest absolute Gasteiger partial charge is 0.481 e. The van der Waals surface area contributed by atoms with E-state index in [0.717, 1.165) is 0 Å². The molecule has 0 radical (unpaired) electrons. The third kappa shape index (κ3) is 6.26. The predicted molar refractivity (Wildman–Crippen MR) is 124 cm³/mol. The van der Waals surface area contributed by atoms with E-state index in [4.69, 9.17) is 10.2 Å². The fraction of sp³-hybridized carbons (Fsp3) is 0.385. The molecule has 0 amide bonds. The maximum absolute atomic E-state index is 13.7. The van der Waals surface area contributed by atoms with Gasteiger partial charge in [0.05, 0.1) is 10.8 Å². The van der Waals surface area contributed by atoms with Crippen molar-refractivity contribution in [1.29, 1.82) is 0 Å². The van der Waals surface area contributed by atoms with Crippen molar-refractivity contribution in [2.75, 3.05) is 6.61 Å². The molecule has 0 fully saturated rings. The summed E-state index contributed by atoms with van der Waals surface area (Å²) in [5.41, 5.74) is -0.399. The third-order valence-corrected chi connectivity index (χ3v) is 6.29. The lowest BCUT2D eigenvalue weighted by atomic mass is 9.80. The van der Waals surface area contributed by atoms with Gasteiger partial charge in [0.2, 0.25) is 0 Å². The second-order valence-electron chi connectivity index (χ2n) is 8.20. The van der Waals surface area contributed by atoms with Crippen molar-refractivity contribution < 1.29 is 33.7 Å². The van der Waals surface area contributed by atoms with E-state index in [2.05, 4.69) is 6.58 Å². The smallest absolute Gasteiger partial charge is 0.313 e. The first-order chi connectivity index (χ1) is 15.4. The molecule has 0 spiro atoms. The van der Waals surface area contributed by atoms with Gasteiger partial charge in [-0.05, 0) is 61.9 Å². The molecule has 2 aromatic rings. The number of carboxylic acid groups (broad SMARTS) is 2. The molecule has 2 atom stereocenters. The highest BCUT2D eigenvalue weighted by Gasteiger charge is 2.34. The van der Waals surface area contributed by atoms with E-state index >= 15 is 0 Å². The summed E-state index contributed by atoms with van der Waals surface area (Å²) in [6.45, 7) is 10.1. The van der Waals surface area contributed by atoms with Crippen molar-refractivity contribution in [1.82, 2.24) is 0 Å². The third-order valence-electron chi connectivity index (χ3n) is 6.29. The molecule has 0 aliphatic carbocycles. The molecule has 3 N–H and O–H groups in total. The highest BCUT2D eigenvalue weighted by molar-refractivity contribution is 5.81. The molecular weight excluding hydrogens is 430 g/mol. The summed E-state index contributed by atoms with van der Waals surface area (Å²) >= 11 is 0. The normalized spacial score (nSPS) is 14.3. The Bertz CT molecular complexity index is 1000. The van der Waals surface area contributed by atoms with Gasteiger partial charge in [0.25, 0.3) is 0 Å². The highest BCUT2D eigenvalue weighted by atomic mass is 19.1. The quantitative estimate of drug-likeness (QED) is 0.468. The van der Waals surface area contributed by atoms with Gasteiger partial charge in [-0.3, -0.25) is 9.59 Å². The van der Waals surface area contributed by atoms with Crippen molar-refractivity contribution in [2.24, 2.45) is 0 Å². The van der Waals surface area contributed by atoms with Crippen LogP contribution in [0.1, 0.15) is 62.8 Å². The first-order valence-corrected chi connectivity index (χ1v) is 10.7. The van der Waals surface area contributed by atoms with Crippen LogP contribution in [-0.2, 0) is 26.8 Å². The van der Waals surface area contributed by atoms with Crippen LogP contribution in [0.4, 0.5) is 8.78 Å². The fourth-order valence-electron chi connectivity index (χ4n) is 3.21. The Kier molecular flexibility index (Phi) is 9.92. The Hall–Kier alpha value is -3.06. The molecular formula is C26H32F2O5. The van der Waals surface area contributed by atoms with Crippen molar-refractivity contribution in [2.45, 2.75) is 57.8 Å². The van der Waals surface area contributed by atoms with E-state index in [1.807, 2.05) is 0 Å². The molecule has 5 nitrogen and oxygen atoms in total. The number of benzene rings is 2. The Morgan fingerprint density at radius 2 is 1.36 bits per heavy atom. The van der Waals surface area contributed by atoms with Crippen LogP contribution in [0.5, 0.6) is 0 Å². The summed E-state index contributed by atoms with van der Waals surface area (Å²) in [6, 6.07) is 8.87. The Morgan fingerprint density at radius 1 is 0.909 bits per heavy atom. The molecule has 2 unspecified atom stereocenters. The highest BCUT2D eigenvalue weighted by Crippen LogP contribution is 2.30. The van der Waals surface area contributed by atoms with E-state index in [-0.39, 0.29) is 13.0 Å². The topological polar surface area (TPSA) is 94.8 Å². The fourth-order valence-corrected chi connectivity index (χ4v) is 3.21. The minimum Gasteiger partial charge on any atom is -0.481 e. The van der Waals surface area contributed by atoms with Gasteiger partial charge in [-0.1, -0.05) is 50.8 Å². The summed E-state index contributed by atoms with van der Waals surface area (Å²) in [7, 11) is 0. The predicted octanol–water partition coefficient (Wildman–Crippen LogP) is 5.33. The van der Waals surface area contributed by atoms with Gasteiger partial charge in [-0.15, -0.1) is 0 Å². The Morgan fingerprint density at radius 3 is 1.70 bits per heavy atom. The molecule has 33 heavy (non-hydrogen) atoms. The second-order valence-corrected chi connectivity index (χ2v) is 8.20. The molecule has 0 saturated heterocycles. The van der Waals surface area contributed by atoms with Crippen LogP contribution < -0.4 is 0 Å². The molecule has 7 heteroatoms. The van der Waals surface area contributed by atoms with Gasteiger partial charge >= 0.3 is 11.9 Å². The number of aliphatic carboxylic acids is 2. The molecule has 0 aromatic heterocycles. The van der Waals surface area contributed by atoms with Gasteiger partial charge in [-0.2, -0.15) is 0 Å². The van der Waals surface area contributed by atoms with Gasteiger partial charge in [0.15, 0.2) is 0 Å². The van der Waals surface area contributed by atoms with E-state index in [9.17, 15) is 23.5 Å². The zero-order valence-corrected chi connectivity index (χ0v) is 19.5. The van der Waals surface area contributed by atoms with Gasteiger partial charge < -0.3 is 15.3 Å². The second kappa shape index (κ2) is 11.7.